The summed E-state index contributed by atoms with van der Waals surface area (Å²) in [4.78, 5) is 11.7. The summed E-state index contributed by atoms with van der Waals surface area (Å²) < 4.78 is 5.22. The minimum Gasteiger partial charge on any atom is -0.497 e. The predicted octanol–water partition coefficient (Wildman–Crippen LogP) is 2.39. The van der Waals surface area contributed by atoms with Gasteiger partial charge in [-0.25, -0.2) is 0 Å². The van der Waals surface area contributed by atoms with Crippen molar-refractivity contribution in [2.75, 3.05) is 13.7 Å². The monoisotopic (exact) mass is 291 g/mol. The Morgan fingerprint density at radius 3 is 2.43 bits per heavy atom. The van der Waals surface area contributed by atoms with Crippen LogP contribution in [0.2, 0.25) is 0 Å². The molecular formula is C17H25NO3. The molecule has 0 radical (unpaired) electrons. The van der Waals surface area contributed by atoms with Crippen LogP contribution in [0.3, 0.4) is 0 Å². The van der Waals surface area contributed by atoms with E-state index in [1.54, 1.807) is 7.11 Å². The molecule has 0 saturated heterocycles. The number of aliphatic hydroxyl groups is 1. The maximum Gasteiger partial charge on any atom is 0.248 e. The maximum absolute atomic E-state index is 11.7. The summed E-state index contributed by atoms with van der Waals surface area (Å²) >= 11 is 0. The van der Waals surface area contributed by atoms with Gasteiger partial charge in [-0.3, -0.25) is 4.79 Å². The first-order chi connectivity index (χ1) is 10.1. The van der Waals surface area contributed by atoms with Gasteiger partial charge in [0.15, 0.2) is 0 Å². The van der Waals surface area contributed by atoms with Gasteiger partial charge in [-0.2, -0.15) is 0 Å². The molecule has 1 atom stereocenters. The first-order valence-electron chi connectivity index (χ1n) is 7.68. The third-order valence-electron chi connectivity index (χ3n) is 4.49. The van der Waals surface area contributed by atoms with Crippen LogP contribution in [-0.2, 0) is 10.2 Å². The van der Waals surface area contributed by atoms with Crippen LogP contribution in [0.5, 0.6) is 5.75 Å². The fourth-order valence-corrected chi connectivity index (χ4v) is 3.14. The molecule has 0 aromatic heterocycles. The number of amides is 1. The topological polar surface area (TPSA) is 58.6 Å². The summed E-state index contributed by atoms with van der Waals surface area (Å²) in [6, 6.07) is 8.14. The zero-order valence-electron chi connectivity index (χ0n) is 12.9. The SMILES string of the molecule is COc1ccc(C2(CNC(=O)[C@@H](C)O)CCCCC2)cc1. The van der Waals surface area contributed by atoms with Crippen LogP contribution >= 0.6 is 0 Å². The van der Waals surface area contributed by atoms with Crippen molar-refractivity contribution < 1.29 is 14.6 Å². The summed E-state index contributed by atoms with van der Waals surface area (Å²) in [5.74, 6) is 0.547. The lowest BCUT2D eigenvalue weighted by Gasteiger charge is -2.38. The van der Waals surface area contributed by atoms with Crippen LogP contribution in [0.15, 0.2) is 24.3 Å². The van der Waals surface area contributed by atoms with E-state index >= 15 is 0 Å². The highest BCUT2D eigenvalue weighted by molar-refractivity contribution is 5.80. The minimum atomic E-state index is -0.957. The summed E-state index contributed by atoms with van der Waals surface area (Å²) in [5.41, 5.74) is 1.23. The molecule has 1 aromatic rings. The van der Waals surface area contributed by atoms with E-state index in [1.807, 2.05) is 12.1 Å². The Morgan fingerprint density at radius 1 is 1.29 bits per heavy atom. The molecule has 116 valence electrons. The fourth-order valence-electron chi connectivity index (χ4n) is 3.14. The van der Waals surface area contributed by atoms with Crippen molar-refractivity contribution in [1.82, 2.24) is 5.32 Å². The number of methoxy groups -OCH3 is 1. The third kappa shape index (κ3) is 3.76. The zero-order valence-corrected chi connectivity index (χ0v) is 12.9. The van der Waals surface area contributed by atoms with E-state index in [1.165, 1.54) is 31.7 Å². The number of benzene rings is 1. The number of hydrogen-bond donors (Lipinski definition) is 2. The molecule has 0 heterocycles. The average molecular weight is 291 g/mol. The lowest BCUT2D eigenvalue weighted by atomic mass is 9.69. The highest BCUT2D eigenvalue weighted by atomic mass is 16.5. The molecule has 1 aromatic carbocycles. The van der Waals surface area contributed by atoms with Crippen molar-refractivity contribution in [2.45, 2.75) is 50.5 Å². The number of carbonyl (C=O) groups excluding carboxylic acids is 1. The lowest BCUT2D eigenvalue weighted by molar-refractivity contribution is -0.128. The second kappa shape index (κ2) is 6.94. The van der Waals surface area contributed by atoms with Gasteiger partial charge in [0.1, 0.15) is 11.9 Å². The van der Waals surface area contributed by atoms with Crippen LogP contribution in [0.25, 0.3) is 0 Å². The van der Waals surface area contributed by atoms with Gasteiger partial charge in [0.05, 0.1) is 7.11 Å². The highest BCUT2D eigenvalue weighted by Crippen LogP contribution is 2.39. The van der Waals surface area contributed by atoms with E-state index in [-0.39, 0.29) is 11.3 Å². The number of ether oxygens (including phenoxy) is 1. The number of nitrogens with one attached hydrogen (secondary N) is 1. The third-order valence-corrected chi connectivity index (χ3v) is 4.49. The standard InChI is InChI=1S/C17H25NO3/c1-13(19)16(20)18-12-17(10-4-3-5-11-17)14-6-8-15(21-2)9-7-14/h6-9,13,19H,3-5,10-12H2,1-2H3,(H,18,20)/t13-/m1/s1. The number of rotatable bonds is 5. The smallest absolute Gasteiger partial charge is 0.248 e. The molecule has 0 unspecified atom stereocenters. The van der Waals surface area contributed by atoms with Crippen LogP contribution < -0.4 is 10.1 Å². The summed E-state index contributed by atoms with van der Waals surface area (Å²) in [5, 5.41) is 12.2. The van der Waals surface area contributed by atoms with Crippen molar-refractivity contribution in [1.29, 1.82) is 0 Å². The zero-order chi connectivity index (χ0) is 15.3. The first-order valence-corrected chi connectivity index (χ1v) is 7.68. The van der Waals surface area contributed by atoms with Crippen molar-refractivity contribution >= 4 is 5.91 Å². The maximum atomic E-state index is 11.7. The normalized spacial score (nSPS) is 18.8. The molecule has 1 fully saturated rings. The van der Waals surface area contributed by atoms with Gasteiger partial charge in [-0.15, -0.1) is 0 Å². The van der Waals surface area contributed by atoms with Gasteiger partial charge in [0.2, 0.25) is 5.91 Å². The van der Waals surface area contributed by atoms with Crippen molar-refractivity contribution in [3.05, 3.63) is 29.8 Å². The molecular weight excluding hydrogens is 266 g/mol. The molecule has 2 N–H and O–H groups in total. The molecule has 2 rings (SSSR count). The van der Waals surface area contributed by atoms with Crippen molar-refractivity contribution in [3.63, 3.8) is 0 Å². The van der Waals surface area contributed by atoms with Gasteiger partial charge >= 0.3 is 0 Å². The Labute approximate surface area is 126 Å². The summed E-state index contributed by atoms with van der Waals surface area (Å²) in [6.45, 7) is 2.08. The van der Waals surface area contributed by atoms with E-state index in [4.69, 9.17) is 4.74 Å². The molecule has 0 bridgehead atoms. The fraction of sp³-hybridized carbons (Fsp3) is 0.588. The van der Waals surface area contributed by atoms with E-state index in [0.717, 1.165) is 18.6 Å². The Morgan fingerprint density at radius 2 is 1.90 bits per heavy atom. The molecule has 0 aliphatic heterocycles. The Kier molecular flexibility index (Phi) is 5.23. The number of aliphatic hydroxyl groups excluding tert-OH is 1. The Balaban J connectivity index is 2.17. The second-order valence-electron chi connectivity index (χ2n) is 5.96. The summed E-state index contributed by atoms with van der Waals surface area (Å²) in [6.07, 6.45) is 4.79. The number of carbonyl (C=O) groups is 1. The van der Waals surface area contributed by atoms with Gasteiger partial charge in [0, 0.05) is 12.0 Å². The van der Waals surface area contributed by atoms with Crippen LogP contribution in [-0.4, -0.2) is 30.8 Å². The quantitative estimate of drug-likeness (QED) is 0.876. The Bertz CT molecular complexity index is 461. The average Bonchev–Trinajstić information content (AvgIpc) is 2.53. The Hall–Kier alpha value is -1.55. The van der Waals surface area contributed by atoms with E-state index in [0.29, 0.717) is 6.54 Å². The largest absolute Gasteiger partial charge is 0.497 e. The second-order valence-corrected chi connectivity index (χ2v) is 5.96. The van der Waals surface area contributed by atoms with Crippen LogP contribution in [0, 0.1) is 0 Å². The van der Waals surface area contributed by atoms with E-state index < -0.39 is 6.10 Å². The molecule has 1 amide bonds. The summed E-state index contributed by atoms with van der Waals surface area (Å²) in [7, 11) is 1.66. The molecule has 1 aliphatic carbocycles. The number of hydrogen-bond acceptors (Lipinski definition) is 3. The van der Waals surface area contributed by atoms with E-state index in [2.05, 4.69) is 17.4 Å². The predicted molar refractivity (Wildman–Crippen MR) is 82.4 cm³/mol. The first kappa shape index (κ1) is 15.8. The van der Waals surface area contributed by atoms with Crippen LogP contribution in [0.4, 0.5) is 0 Å². The van der Waals surface area contributed by atoms with Gasteiger partial charge in [-0.05, 0) is 37.5 Å². The molecule has 1 aliphatic rings. The minimum absolute atomic E-state index is 0.0188. The molecule has 0 spiro atoms. The lowest BCUT2D eigenvalue weighted by Crippen LogP contribution is -2.44. The van der Waals surface area contributed by atoms with Gasteiger partial charge < -0.3 is 15.2 Å². The van der Waals surface area contributed by atoms with Gasteiger partial charge in [-0.1, -0.05) is 31.4 Å². The molecule has 21 heavy (non-hydrogen) atoms. The molecule has 4 nitrogen and oxygen atoms in total. The van der Waals surface area contributed by atoms with Crippen molar-refractivity contribution in [2.24, 2.45) is 0 Å². The highest BCUT2D eigenvalue weighted by Gasteiger charge is 2.34. The van der Waals surface area contributed by atoms with Crippen molar-refractivity contribution in [3.8, 4) is 5.75 Å². The molecule has 4 heteroatoms. The van der Waals surface area contributed by atoms with Crippen LogP contribution in [0.1, 0.15) is 44.6 Å². The van der Waals surface area contributed by atoms with E-state index in [9.17, 15) is 9.90 Å². The molecule has 1 saturated carbocycles. The van der Waals surface area contributed by atoms with Gasteiger partial charge in [0.25, 0.3) is 0 Å².